The number of carbonyl (C=O) groups is 1. The standard InChI is InChI=1S/C15H15F3N2O2/c1-8(9-3-4-9)20(6-2-5-19)15(22)10-7-11(16)13(18)14(21)12(10)17/h7-9,21H,2-4,6H2,1H3/t8-/m0/s1. The Kier molecular flexibility index (Phi) is 4.59. The van der Waals surface area contributed by atoms with Gasteiger partial charge in [0.15, 0.2) is 17.4 Å². The molecule has 0 radical (unpaired) electrons. The van der Waals surface area contributed by atoms with Crippen molar-refractivity contribution in [2.24, 2.45) is 5.92 Å². The zero-order chi connectivity index (χ0) is 16.4. The van der Waals surface area contributed by atoms with Crippen LogP contribution in [-0.2, 0) is 0 Å². The Morgan fingerprint density at radius 3 is 2.64 bits per heavy atom. The first-order valence-electron chi connectivity index (χ1n) is 6.92. The van der Waals surface area contributed by atoms with Gasteiger partial charge in [-0.25, -0.2) is 8.78 Å². The van der Waals surface area contributed by atoms with E-state index in [1.54, 1.807) is 6.92 Å². The molecule has 1 aliphatic carbocycles. The lowest BCUT2D eigenvalue weighted by atomic mass is 10.1. The lowest BCUT2D eigenvalue weighted by Gasteiger charge is -2.29. The van der Waals surface area contributed by atoms with Crippen LogP contribution in [0.4, 0.5) is 13.2 Å². The fourth-order valence-corrected chi connectivity index (χ4v) is 2.39. The molecule has 4 nitrogen and oxygen atoms in total. The number of rotatable bonds is 5. The van der Waals surface area contributed by atoms with Crippen molar-refractivity contribution < 1.29 is 23.1 Å². The van der Waals surface area contributed by atoms with Crippen molar-refractivity contribution in [3.8, 4) is 11.8 Å². The monoisotopic (exact) mass is 312 g/mol. The predicted molar refractivity (Wildman–Crippen MR) is 71.4 cm³/mol. The number of hydrogen-bond acceptors (Lipinski definition) is 3. The Morgan fingerprint density at radius 2 is 2.09 bits per heavy atom. The van der Waals surface area contributed by atoms with Gasteiger partial charge in [0, 0.05) is 12.6 Å². The van der Waals surface area contributed by atoms with Crippen LogP contribution >= 0.6 is 0 Å². The van der Waals surface area contributed by atoms with Gasteiger partial charge >= 0.3 is 0 Å². The highest BCUT2D eigenvalue weighted by Crippen LogP contribution is 2.36. The quantitative estimate of drug-likeness (QED) is 0.850. The molecule has 0 heterocycles. The number of phenols is 1. The molecule has 22 heavy (non-hydrogen) atoms. The normalized spacial score (nSPS) is 15.2. The van der Waals surface area contributed by atoms with Gasteiger partial charge in [-0.2, -0.15) is 9.65 Å². The van der Waals surface area contributed by atoms with Crippen molar-refractivity contribution in [1.82, 2.24) is 4.90 Å². The first-order chi connectivity index (χ1) is 10.4. The summed E-state index contributed by atoms with van der Waals surface area (Å²) in [6.07, 6.45) is 1.88. The smallest absolute Gasteiger partial charge is 0.257 e. The van der Waals surface area contributed by atoms with Crippen LogP contribution in [0.5, 0.6) is 5.75 Å². The molecular formula is C15H15F3N2O2. The molecule has 0 aromatic heterocycles. The summed E-state index contributed by atoms with van der Waals surface area (Å²) in [6.45, 7) is 1.83. The molecule has 1 fully saturated rings. The van der Waals surface area contributed by atoms with Crippen LogP contribution < -0.4 is 0 Å². The highest BCUT2D eigenvalue weighted by Gasteiger charge is 2.36. The largest absolute Gasteiger partial charge is 0.503 e. The molecule has 1 aromatic carbocycles. The molecular weight excluding hydrogens is 297 g/mol. The highest BCUT2D eigenvalue weighted by atomic mass is 19.2. The van der Waals surface area contributed by atoms with Gasteiger partial charge in [-0.05, 0) is 31.7 Å². The second kappa shape index (κ2) is 6.26. The second-order valence-electron chi connectivity index (χ2n) is 5.37. The molecule has 1 amide bonds. The first kappa shape index (κ1) is 16.1. The maximum Gasteiger partial charge on any atom is 0.257 e. The molecule has 7 heteroatoms. The number of benzene rings is 1. The van der Waals surface area contributed by atoms with Crippen LogP contribution in [0, 0.1) is 34.7 Å². The second-order valence-corrected chi connectivity index (χ2v) is 5.37. The number of halogens is 3. The Labute approximate surface area is 125 Å². The lowest BCUT2D eigenvalue weighted by molar-refractivity contribution is 0.0670. The molecule has 1 saturated carbocycles. The predicted octanol–water partition coefficient (Wildman–Crippen LogP) is 2.96. The minimum Gasteiger partial charge on any atom is -0.503 e. The van der Waals surface area contributed by atoms with Crippen molar-refractivity contribution in [3.05, 3.63) is 29.1 Å². The van der Waals surface area contributed by atoms with E-state index in [4.69, 9.17) is 5.26 Å². The zero-order valence-electron chi connectivity index (χ0n) is 11.9. The summed E-state index contributed by atoms with van der Waals surface area (Å²) in [6, 6.07) is 2.09. The summed E-state index contributed by atoms with van der Waals surface area (Å²) in [5.74, 6) is -6.84. The summed E-state index contributed by atoms with van der Waals surface area (Å²) in [5.41, 5.74) is -0.734. The van der Waals surface area contributed by atoms with Gasteiger partial charge in [0.1, 0.15) is 0 Å². The number of nitrogens with zero attached hydrogens (tertiary/aromatic N) is 2. The van der Waals surface area contributed by atoms with Crippen LogP contribution in [0.15, 0.2) is 6.07 Å². The first-order valence-corrected chi connectivity index (χ1v) is 6.92. The van der Waals surface area contributed by atoms with E-state index in [0.29, 0.717) is 6.07 Å². The van der Waals surface area contributed by atoms with Gasteiger partial charge in [0.2, 0.25) is 5.82 Å². The summed E-state index contributed by atoms with van der Waals surface area (Å²) < 4.78 is 40.3. The van der Waals surface area contributed by atoms with Gasteiger partial charge in [-0.15, -0.1) is 0 Å². The Bertz CT molecular complexity index is 639. The van der Waals surface area contributed by atoms with Crippen molar-refractivity contribution >= 4 is 5.91 Å². The summed E-state index contributed by atoms with van der Waals surface area (Å²) in [5, 5.41) is 17.9. The number of aromatic hydroxyl groups is 1. The van der Waals surface area contributed by atoms with Crippen molar-refractivity contribution in [2.75, 3.05) is 6.54 Å². The number of phenolic OH excluding ortho intramolecular Hbond substituents is 1. The minimum absolute atomic E-state index is 0.0417. The average Bonchev–Trinajstić information content (AvgIpc) is 3.33. The number of amides is 1. The Hall–Kier alpha value is -2.23. The average molecular weight is 312 g/mol. The van der Waals surface area contributed by atoms with E-state index in [0.717, 1.165) is 12.8 Å². The van der Waals surface area contributed by atoms with E-state index in [1.165, 1.54) is 4.90 Å². The van der Waals surface area contributed by atoms with Gasteiger partial charge in [-0.3, -0.25) is 4.79 Å². The molecule has 1 N–H and O–H groups in total. The van der Waals surface area contributed by atoms with Crippen molar-refractivity contribution in [1.29, 1.82) is 5.26 Å². The highest BCUT2D eigenvalue weighted by molar-refractivity contribution is 5.95. The van der Waals surface area contributed by atoms with Gasteiger partial charge in [-0.1, -0.05) is 0 Å². The fourth-order valence-electron chi connectivity index (χ4n) is 2.39. The molecule has 118 valence electrons. The fraction of sp³-hybridized carbons (Fsp3) is 0.467. The maximum absolute atomic E-state index is 13.9. The number of carbonyl (C=O) groups excluding carboxylic acids is 1. The zero-order valence-corrected chi connectivity index (χ0v) is 11.9. The van der Waals surface area contributed by atoms with Gasteiger partial charge < -0.3 is 10.0 Å². The van der Waals surface area contributed by atoms with Gasteiger partial charge in [0.25, 0.3) is 5.91 Å². The third kappa shape index (κ3) is 3.01. The molecule has 0 unspecified atom stereocenters. The van der Waals surface area contributed by atoms with Crippen molar-refractivity contribution in [2.45, 2.75) is 32.2 Å². The molecule has 0 bridgehead atoms. The van der Waals surface area contributed by atoms with E-state index in [2.05, 4.69) is 0 Å². The molecule has 1 aliphatic rings. The van der Waals surface area contributed by atoms with E-state index >= 15 is 0 Å². The van der Waals surface area contributed by atoms with E-state index in [9.17, 15) is 23.1 Å². The number of hydrogen-bond donors (Lipinski definition) is 1. The van der Waals surface area contributed by atoms with Crippen LogP contribution in [0.1, 0.15) is 36.5 Å². The Balaban J connectivity index is 2.36. The van der Waals surface area contributed by atoms with E-state index < -0.39 is 34.7 Å². The van der Waals surface area contributed by atoms with E-state index in [1.807, 2.05) is 6.07 Å². The summed E-state index contributed by atoms with van der Waals surface area (Å²) in [7, 11) is 0. The van der Waals surface area contributed by atoms with Crippen LogP contribution in [0.3, 0.4) is 0 Å². The van der Waals surface area contributed by atoms with Crippen molar-refractivity contribution in [3.63, 3.8) is 0 Å². The Morgan fingerprint density at radius 1 is 1.45 bits per heavy atom. The molecule has 1 atom stereocenters. The molecule has 1 aromatic rings. The molecule has 0 aliphatic heterocycles. The van der Waals surface area contributed by atoms with Crippen LogP contribution in [-0.4, -0.2) is 28.5 Å². The summed E-state index contributed by atoms with van der Waals surface area (Å²) in [4.78, 5) is 13.7. The molecule has 0 spiro atoms. The lowest BCUT2D eigenvalue weighted by Crippen LogP contribution is -2.41. The minimum atomic E-state index is -1.73. The molecule has 0 saturated heterocycles. The SMILES string of the molecule is C[C@@H](C1CC1)N(CCC#N)C(=O)c1cc(F)c(F)c(O)c1F. The van der Waals surface area contributed by atoms with E-state index in [-0.39, 0.29) is 24.9 Å². The van der Waals surface area contributed by atoms with Gasteiger partial charge in [0.05, 0.1) is 18.1 Å². The third-order valence-corrected chi connectivity index (χ3v) is 3.88. The molecule has 2 rings (SSSR count). The summed E-state index contributed by atoms with van der Waals surface area (Å²) >= 11 is 0. The van der Waals surface area contributed by atoms with Crippen LogP contribution in [0.2, 0.25) is 0 Å². The third-order valence-electron chi connectivity index (χ3n) is 3.88. The maximum atomic E-state index is 13.9. The topological polar surface area (TPSA) is 64.3 Å². The van der Waals surface area contributed by atoms with Crippen LogP contribution in [0.25, 0.3) is 0 Å². The number of nitriles is 1.